The average molecular weight is 358 g/mol. The van der Waals surface area contributed by atoms with Gasteiger partial charge in [0.1, 0.15) is 0 Å². The standard InChI is InChI=1S/C21H24F2N2O/c1-2-3-9-24-21(26)16-6-4-5-14(10-16)13-25-20-12-17(20)15-7-8-18(22)19(23)11-15/h4-8,10-11,17,20,25H,2-3,9,12-13H2,1H3,(H,24,26)/t17-,20+/m0/s1. The second kappa shape index (κ2) is 8.41. The average Bonchev–Trinajstić information content (AvgIpc) is 3.42. The van der Waals surface area contributed by atoms with Crippen molar-refractivity contribution in [2.45, 2.75) is 44.7 Å². The van der Waals surface area contributed by atoms with E-state index < -0.39 is 11.6 Å². The summed E-state index contributed by atoms with van der Waals surface area (Å²) in [6, 6.07) is 11.9. The van der Waals surface area contributed by atoms with E-state index in [0.717, 1.165) is 30.4 Å². The van der Waals surface area contributed by atoms with Gasteiger partial charge in [-0.25, -0.2) is 8.78 Å². The maximum atomic E-state index is 13.3. The SMILES string of the molecule is CCCCNC(=O)c1cccc(CN[C@@H]2C[C@H]2c2ccc(F)c(F)c2)c1. The highest BCUT2D eigenvalue weighted by atomic mass is 19.2. The van der Waals surface area contributed by atoms with E-state index in [1.165, 1.54) is 12.1 Å². The van der Waals surface area contributed by atoms with Crippen LogP contribution in [0.5, 0.6) is 0 Å². The molecule has 1 saturated carbocycles. The van der Waals surface area contributed by atoms with E-state index in [9.17, 15) is 13.6 Å². The third-order valence-electron chi connectivity index (χ3n) is 4.74. The van der Waals surface area contributed by atoms with Crippen molar-refractivity contribution in [1.82, 2.24) is 10.6 Å². The quantitative estimate of drug-likeness (QED) is 0.697. The molecule has 0 aromatic heterocycles. The summed E-state index contributed by atoms with van der Waals surface area (Å²) in [6.45, 7) is 3.42. The lowest BCUT2D eigenvalue weighted by Gasteiger charge is -2.08. The van der Waals surface area contributed by atoms with Crippen molar-refractivity contribution in [3.8, 4) is 0 Å². The smallest absolute Gasteiger partial charge is 0.251 e. The zero-order valence-electron chi connectivity index (χ0n) is 14.9. The topological polar surface area (TPSA) is 41.1 Å². The summed E-state index contributed by atoms with van der Waals surface area (Å²) in [4.78, 5) is 12.1. The van der Waals surface area contributed by atoms with Crippen molar-refractivity contribution < 1.29 is 13.6 Å². The molecule has 2 aromatic carbocycles. The first-order valence-electron chi connectivity index (χ1n) is 9.14. The zero-order valence-corrected chi connectivity index (χ0v) is 14.9. The first-order valence-corrected chi connectivity index (χ1v) is 9.14. The largest absolute Gasteiger partial charge is 0.352 e. The lowest BCUT2D eigenvalue weighted by atomic mass is 10.1. The van der Waals surface area contributed by atoms with Crippen molar-refractivity contribution in [2.24, 2.45) is 0 Å². The van der Waals surface area contributed by atoms with Gasteiger partial charge < -0.3 is 10.6 Å². The molecule has 2 atom stereocenters. The summed E-state index contributed by atoms with van der Waals surface area (Å²) in [7, 11) is 0. The summed E-state index contributed by atoms with van der Waals surface area (Å²) >= 11 is 0. The number of carbonyl (C=O) groups is 1. The molecule has 1 amide bonds. The molecule has 0 unspecified atom stereocenters. The Morgan fingerprint density at radius 1 is 1.15 bits per heavy atom. The van der Waals surface area contributed by atoms with E-state index in [-0.39, 0.29) is 17.9 Å². The highest BCUT2D eigenvalue weighted by molar-refractivity contribution is 5.94. The number of hydrogen-bond acceptors (Lipinski definition) is 2. The highest BCUT2D eigenvalue weighted by Gasteiger charge is 2.38. The first-order chi connectivity index (χ1) is 12.6. The molecule has 0 aliphatic heterocycles. The maximum Gasteiger partial charge on any atom is 0.251 e. The lowest BCUT2D eigenvalue weighted by Crippen LogP contribution is -2.24. The van der Waals surface area contributed by atoms with Gasteiger partial charge in [0.2, 0.25) is 0 Å². The van der Waals surface area contributed by atoms with Crippen LogP contribution < -0.4 is 10.6 Å². The fourth-order valence-corrected chi connectivity index (χ4v) is 3.08. The number of carbonyl (C=O) groups excluding carboxylic acids is 1. The van der Waals surface area contributed by atoms with Crippen LogP contribution >= 0.6 is 0 Å². The molecule has 1 fully saturated rings. The molecule has 3 rings (SSSR count). The molecule has 1 aliphatic rings. The van der Waals surface area contributed by atoms with Crippen molar-refractivity contribution in [3.05, 3.63) is 70.8 Å². The number of nitrogens with one attached hydrogen (secondary N) is 2. The van der Waals surface area contributed by atoms with Crippen LogP contribution in [-0.4, -0.2) is 18.5 Å². The normalized spacial score (nSPS) is 18.6. The molecule has 5 heteroatoms. The van der Waals surface area contributed by atoms with E-state index >= 15 is 0 Å². The van der Waals surface area contributed by atoms with Gasteiger partial charge in [-0.1, -0.05) is 31.5 Å². The van der Waals surface area contributed by atoms with Crippen LogP contribution in [-0.2, 0) is 6.54 Å². The molecule has 0 heterocycles. The zero-order chi connectivity index (χ0) is 18.5. The minimum Gasteiger partial charge on any atom is -0.352 e. The molecule has 3 nitrogen and oxygen atoms in total. The van der Waals surface area contributed by atoms with E-state index in [0.29, 0.717) is 18.7 Å². The molecule has 2 aromatic rings. The molecule has 0 bridgehead atoms. The Morgan fingerprint density at radius 3 is 2.77 bits per heavy atom. The van der Waals surface area contributed by atoms with Gasteiger partial charge in [-0.2, -0.15) is 0 Å². The predicted molar refractivity (Wildman–Crippen MR) is 98.0 cm³/mol. The first kappa shape index (κ1) is 18.5. The fourth-order valence-electron chi connectivity index (χ4n) is 3.08. The molecular formula is C21H24F2N2O. The van der Waals surface area contributed by atoms with Crippen molar-refractivity contribution in [3.63, 3.8) is 0 Å². The Labute approximate surface area is 152 Å². The van der Waals surface area contributed by atoms with Crippen LogP contribution in [0.3, 0.4) is 0 Å². The second-order valence-corrected chi connectivity index (χ2v) is 6.81. The number of amides is 1. The molecule has 0 saturated heterocycles. The summed E-state index contributed by atoms with van der Waals surface area (Å²) in [5.74, 6) is -1.44. The molecule has 2 N–H and O–H groups in total. The Kier molecular flexibility index (Phi) is 5.99. The predicted octanol–water partition coefficient (Wildman–Crippen LogP) is 4.14. The minimum atomic E-state index is -0.812. The lowest BCUT2D eigenvalue weighted by molar-refractivity contribution is 0.0953. The van der Waals surface area contributed by atoms with Gasteiger partial charge >= 0.3 is 0 Å². The van der Waals surface area contributed by atoms with E-state index in [1.54, 1.807) is 6.07 Å². The maximum absolute atomic E-state index is 13.3. The van der Waals surface area contributed by atoms with Crippen LogP contribution in [0.15, 0.2) is 42.5 Å². The summed E-state index contributed by atoms with van der Waals surface area (Å²) in [5.41, 5.74) is 2.52. The molecule has 1 aliphatic carbocycles. The van der Waals surface area contributed by atoms with E-state index in [2.05, 4.69) is 17.6 Å². The fraction of sp³-hybridized carbons (Fsp3) is 0.381. The Hall–Kier alpha value is -2.27. The number of benzene rings is 2. The molecule has 0 spiro atoms. The second-order valence-electron chi connectivity index (χ2n) is 6.81. The van der Waals surface area contributed by atoms with Crippen LogP contribution in [0.4, 0.5) is 8.78 Å². The van der Waals surface area contributed by atoms with Gasteiger partial charge in [-0.3, -0.25) is 4.79 Å². The Balaban J connectivity index is 1.52. The Bertz CT molecular complexity index is 778. The summed E-state index contributed by atoms with van der Waals surface area (Å²) in [5, 5.41) is 6.34. The highest BCUT2D eigenvalue weighted by Crippen LogP contribution is 2.41. The van der Waals surface area contributed by atoms with Crippen molar-refractivity contribution in [1.29, 1.82) is 0 Å². The van der Waals surface area contributed by atoms with Crippen LogP contribution in [0.2, 0.25) is 0 Å². The summed E-state index contributed by atoms with van der Waals surface area (Å²) < 4.78 is 26.4. The number of halogens is 2. The van der Waals surface area contributed by atoms with E-state index in [1.807, 2.05) is 24.3 Å². The van der Waals surface area contributed by atoms with Crippen LogP contribution in [0, 0.1) is 11.6 Å². The van der Waals surface area contributed by atoms with Gasteiger partial charge in [0.05, 0.1) is 0 Å². The van der Waals surface area contributed by atoms with Crippen molar-refractivity contribution in [2.75, 3.05) is 6.54 Å². The molecule has 0 radical (unpaired) electrons. The van der Waals surface area contributed by atoms with Crippen LogP contribution in [0.1, 0.15) is 53.6 Å². The van der Waals surface area contributed by atoms with Crippen LogP contribution in [0.25, 0.3) is 0 Å². The molecule has 138 valence electrons. The van der Waals surface area contributed by atoms with Gasteiger partial charge in [-0.15, -0.1) is 0 Å². The Morgan fingerprint density at radius 2 is 2.00 bits per heavy atom. The van der Waals surface area contributed by atoms with Gasteiger partial charge in [0, 0.05) is 30.6 Å². The molecular weight excluding hydrogens is 334 g/mol. The van der Waals surface area contributed by atoms with Gasteiger partial charge in [-0.05, 0) is 48.2 Å². The number of hydrogen-bond donors (Lipinski definition) is 2. The minimum absolute atomic E-state index is 0.0496. The van der Waals surface area contributed by atoms with Gasteiger partial charge in [0.15, 0.2) is 11.6 Å². The third-order valence-corrected chi connectivity index (χ3v) is 4.74. The monoisotopic (exact) mass is 358 g/mol. The molecule has 26 heavy (non-hydrogen) atoms. The third kappa shape index (κ3) is 4.67. The van der Waals surface area contributed by atoms with Gasteiger partial charge in [0.25, 0.3) is 5.91 Å². The number of rotatable bonds is 8. The van der Waals surface area contributed by atoms with Crippen molar-refractivity contribution >= 4 is 5.91 Å². The van der Waals surface area contributed by atoms with E-state index in [4.69, 9.17) is 0 Å². The summed E-state index contributed by atoms with van der Waals surface area (Å²) in [6.07, 6.45) is 2.92. The number of unbranched alkanes of at least 4 members (excludes halogenated alkanes) is 1.